The lowest BCUT2D eigenvalue weighted by atomic mass is 9.89. The van der Waals surface area contributed by atoms with Crippen molar-refractivity contribution in [2.24, 2.45) is 0 Å². The van der Waals surface area contributed by atoms with Gasteiger partial charge in [-0.1, -0.05) is 60.7 Å². The third-order valence-corrected chi connectivity index (χ3v) is 4.73. The summed E-state index contributed by atoms with van der Waals surface area (Å²) in [6, 6.07) is 24.0. The first-order valence-electron chi connectivity index (χ1n) is 8.19. The minimum atomic E-state index is 0.647. The third-order valence-electron chi connectivity index (χ3n) is 4.73. The van der Waals surface area contributed by atoms with Crippen molar-refractivity contribution < 1.29 is 0 Å². The van der Waals surface area contributed by atoms with E-state index in [1.54, 1.807) is 0 Å². The van der Waals surface area contributed by atoms with Gasteiger partial charge in [0.05, 0.1) is 0 Å². The minimum Gasteiger partial charge on any atom is -0.350 e. The summed E-state index contributed by atoms with van der Waals surface area (Å²) in [6.45, 7) is 1.16. The molecule has 0 aliphatic carbocycles. The predicted octanol–water partition coefficient (Wildman–Crippen LogP) is 5.28. The lowest BCUT2D eigenvalue weighted by Gasteiger charge is -2.24. The van der Waals surface area contributed by atoms with E-state index in [0.29, 0.717) is 5.92 Å². The van der Waals surface area contributed by atoms with Crippen LogP contribution in [-0.2, 0) is 13.0 Å². The summed E-state index contributed by atoms with van der Waals surface area (Å²) in [5, 5.41) is 0. The van der Waals surface area contributed by atoms with Crippen molar-refractivity contribution in [3.63, 3.8) is 0 Å². The van der Waals surface area contributed by atoms with Gasteiger partial charge in [0.15, 0.2) is 0 Å². The maximum Gasteiger partial charge on any atom is 0.0222 e. The molecule has 0 spiro atoms. The molecule has 1 unspecified atom stereocenters. The first kappa shape index (κ1) is 13.4. The predicted molar refractivity (Wildman–Crippen MR) is 92.0 cm³/mol. The molecule has 0 fully saturated rings. The van der Waals surface area contributed by atoms with Crippen LogP contribution in [0.15, 0.2) is 72.9 Å². The smallest absolute Gasteiger partial charge is 0.0222 e. The molecule has 0 bridgehead atoms. The van der Waals surface area contributed by atoms with Gasteiger partial charge in [0, 0.05) is 24.4 Å². The van der Waals surface area contributed by atoms with Crippen LogP contribution in [-0.4, -0.2) is 4.57 Å². The molecule has 4 rings (SSSR count). The summed E-state index contributed by atoms with van der Waals surface area (Å²) in [5.41, 5.74) is 5.63. The van der Waals surface area contributed by atoms with E-state index in [9.17, 15) is 0 Å². The molecule has 0 N–H and O–H groups in total. The Morgan fingerprint density at radius 1 is 0.864 bits per heavy atom. The lowest BCUT2D eigenvalue weighted by molar-refractivity contribution is 0.452. The molecule has 110 valence electrons. The van der Waals surface area contributed by atoms with Gasteiger partial charge in [0.1, 0.15) is 0 Å². The van der Waals surface area contributed by atoms with E-state index in [1.807, 2.05) is 0 Å². The highest BCUT2D eigenvalue weighted by Gasteiger charge is 2.21. The molecule has 0 amide bonds. The van der Waals surface area contributed by atoms with E-state index in [4.69, 9.17) is 0 Å². The minimum absolute atomic E-state index is 0.647. The van der Waals surface area contributed by atoms with Gasteiger partial charge in [-0.15, -0.1) is 0 Å². The monoisotopic (exact) mass is 287 g/mol. The van der Waals surface area contributed by atoms with Crippen molar-refractivity contribution in [2.75, 3.05) is 0 Å². The van der Waals surface area contributed by atoms with Gasteiger partial charge in [-0.25, -0.2) is 0 Å². The first-order chi connectivity index (χ1) is 10.9. The van der Waals surface area contributed by atoms with Gasteiger partial charge in [0.2, 0.25) is 0 Å². The zero-order chi connectivity index (χ0) is 14.8. The number of benzene rings is 2. The fraction of sp³-hybridized carbons (Fsp3) is 0.238. The number of hydrogen-bond acceptors (Lipinski definition) is 0. The molecule has 1 nitrogen and oxygen atoms in total. The van der Waals surface area contributed by atoms with E-state index in [1.165, 1.54) is 35.2 Å². The number of hydrogen-bond donors (Lipinski definition) is 0. The average molecular weight is 287 g/mol. The zero-order valence-corrected chi connectivity index (χ0v) is 12.8. The van der Waals surface area contributed by atoms with E-state index in [-0.39, 0.29) is 0 Å². The molecular weight excluding hydrogens is 266 g/mol. The van der Waals surface area contributed by atoms with E-state index in [2.05, 4.69) is 77.5 Å². The third kappa shape index (κ3) is 2.59. The van der Waals surface area contributed by atoms with Crippen LogP contribution in [0.3, 0.4) is 0 Å². The van der Waals surface area contributed by atoms with Crippen molar-refractivity contribution in [1.82, 2.24) is 4.57 Å². The van der Waals surface area contributed by atoms with Crippen molar-refractivity contribution in [2.45, 2.75) is 31.7 Å². The van der Waals surface area contributed by atoms with Crippen LogP contribution in [0, 0.1) is 0 Å². The number of rotatable bonds is 3. The molecule has 1 aromatic heterocycles. The second-order valence-corrected chi connectivity index (χ2v) is 6.24. The highest BCUT2D eigenvalue weighted by molar-refractivity contribution is 5.64. The van der Waals surface area contributed by atoms with Crippen LogP contribution in [0.4, 0.5) is 0 Å². The molecule has 2 aromatic carbocycles. The van der Waals surface area contributed by atoms with Crippen molar-refractivity contribution >= 4 is 0 Å². The molecule has 3 aromatic rings. The number of aromatic nitrogens is 1. The maximum atomic E-state index is 2.47. The highest BCUT2D eigenvalue weighted by atomic mass is 15.0. The number of aryl methyl sites for hydroxylation is 1. The Morgan fingerprint density at radius 2 is 1.59 bits per heavy atom. The Labute approximate surface area is 132 Å². The standard InChI is InChI=1S/C21H21N/c1-3-8-17(9-4-1)14-19-12-7-13-22-16-20(15-21(19)22)18-10-5-2-6-11-18/h1-6,8-11,15-16,19H,7,12-14H2. The summed E-state index contributed by atoms with van der Waals surface area (Å²) < 4.78 is 2.47. The summed E-state index contributed by atoms with van der Waals surface area (Å²) in [5.74, 6) is 0.647. The quantitative estimate of drug-likeness (QED) is 0.618. The molecule has 22 heavy (non-hydrogen) atoms. The molecular formula is C21H21N. The average Bonchev–Trinajstić information content (AvgIpc) is 3.02. The molecule has 0 radical (unpaired) electrons. The second-order valence-electron chi connectivity index (χ2n) is 6.24. The van der Waals surface area contributed by atoms with Gasteiger partial charge in [-0.05, 0) is 42.0 Å². The maximum absolute atomic E-state index is 2.47. The van der Waals surface area contributed by atoms with Crippen LogP contribution in [0.2, 0.25) is 0 Å². The Morgan fingerprint density at radius 3 is 2.36 bits per heavy atom. The van der Waals surface area contributed by atoms with Crippen molar-refractivity contribution in [1.29, 1.82) is 0 Å². The van der Waals surface area contributed by atoms with Crippen LogP contribution < -0.4 is 0 Å². The Kier molecular flexibility index (Phi) is 3.56. The number of nitrogens with zero attached hydrogens (tertiary/aromatic N) is 1. The van der Waals surface area contributed by atoms with Crippen LogP contribution in [0.25, 0.3) is 11.1 Å². The Hall–Kier alpha value is -2.28. The topological polar surface area (TPSA) is 4.93 Å². The Bertz CT molecular complexity index is 740. The summed E-state index contributed by atoms with van der Waals surface area (Å²) >= 11 is 0. The summed E-state index contributed by atoms with van der Waals surface area (Å²) in [6.07, 6.45) is 6.07. The van der Waals surface area contributed by atoms with Gasteiger partial charge in [0.25, 0.3) is 0 Å². The molecule has 2 heterocycles. The first-order valence-corrected chi connectivity index (χ1v) is 8.19. The van der Waals surface area contributed by atoms with Gasteiger partial charge in [-0.2, -0.15) is 0 Å². The largest absolute Gasteiger partial charge is 0.350 e. The van der Waals surface area contributed by atoms with Gasteiger partial charge in [-0.3, -0.25) is 0 Å². The molecule has 0 saturated heterocycles. The van der Waals surface area contributed by atoms with Crippen LogP contribution in [0.1, 0.15) is 30.0 Å². The molecule has 1 atom stereocenters. The van der Waals surface area contributed by atoms with E-state index in [0.717, 1.165) is 13.0 Å². The summed E-state index contributed by atoms with van der Waals surface area (Å²) in [4.78, 5) is 0. The molecule has 1 aliphatic rings. The molecule has 0 saturated carbocycles. The fourth-order valence-corrected chi connectivity index (χ4v) is 3.62. The normalized spacial score (nSPS) is 17.2. The zero-order valence-electron chi connectivity index (χ0n) is 12.8. The number of fused-ring (bicyclic) bond motifs is 1. The van der Waals surface area contributed by atoms with Crippen molar-refractivity contribution in [3.05, 3.63) is 84.2 Å². The fourth-order valence-electron chi connectivity index (χ4n) is 3.62. The van der Waals surface area contributed by atoms with Gasteiger partial charge >= 0.3 is 0 Å². The highest BCUT2D eigenvalue weighted by Crippen LogP contribution is 2.34. The second kappa shape index (κ2) is 5.84. The summed E-state index contributed by atoms with van der Waals surface area (Å²) in [7, 11) is 0. The van der Waals surface area contributed by atoms with E-state index < -0.39 is 0 Å². The van der Waals surface area contributed by atoms with Crippen LogP contribution in [0.5, 0.6) is 0 Å². The molecule has 1 aliphatic heterocycles. The van der Waals surface area contributed by atoms with Crippen LogP contribution >= 0.6 is 0 Å². The van der Waals surface area contributed by atoms with Crippen molar-refractivity contribution in [3.8, 4) is 11.1 Å². The Balaban J connectivity index is 1.65. The van der Waals surface area contributed by atoms with Gasteiger partial charge < -0.3 is 4.57 Å². The van der Waals surface area contributed by atoms with E-state index >= 15 is 0 Å². The molecule has 1 heteroatoms. The lowest BCUT2D eigenvalue weighted by Crippen LogP contribution is -2.16. The SMILES string of the molecule is c1ccc(CC2CCCn3cc(-c4ccccc4)cc32)cc1.